The fraction of sp³-hybridized carbons (Fsp3) is 0.316. The van der Waals surface area contributed by atoms with Crippen LogP contribution in [0.2, 0.25) is 0 Å². The van der Waals surface area contributed by atoms with Gasteiger partial charge in [-0.3, -0.25) is 0 Å². The SMILES string of the molecule is CCSCCSc1c(O)c(C)c(C)c(O)c1Sc1nnnn1-c1ccccc1. The van der Waals surface area contributed by atoms with Gasteiger partial charge in [0.1, 0.15) is 11.5 Å². The number of hydrogen-bond donors (Lipinski definition) is 2. The Hall–Kier alpha value is -1.84. The van der Waals surface area contributed by atoms with E-state index in [-0.39, 0.29) is 11.5 Å². The summed E-state index contributed by atoms with van der Waals surface area (Å²) in [4.78, 5) is 1.25. The molecule has 6 nitrogen and oxygen atoms in total. The molecular formula is C19H22N4O2S3. The van der Waals surface area contributed by atoms with Gasteiger partial charge in [-0.05, 0) is 65.0 Å². The normalized spacial score (nSPS) is 11.1. The van der Waals surface area contributed by atoms with Crippen LogP contribution in [0.1, 0.15) is 18.1 Å². The molecule has 0 saturated carbocycles. The fourth-order valence-corrected chi connectivity index (χ4v) is 5.60. The van der Waals surface area contributed by atoms with Crippen molar-refractivity contribution in [2.75, 3.05) is 17.3 Å². The highest BCUT2D eigenvalue weighted by Gasteiger charge is 2.23. The van der Waals surface area contributed by atoms with Gasteiger partial charge in [0.2, 0.25) is 5.16 Å². The molecule has 2 N–H and O–H groups in total. The molecular weight excluding hydrogens is 412 g/mol. The molecule has 0 radical (unpaired) electrons. The number of tetrazole rings is 1. The summed E-state index contributed by atoms with van der Waals surface area (Å²) in [5.74, 6) is 3.24. The largest absolute Gasteiger partial charge is 0.506 e. The van der Waals surface area contributed by atoms with Crippen LogP contribution in [0.4, 0.5) is 0 Å². The molecule has 2 aromatic carbocycles. The van der Waals surface area contributed by atoms with E-state index in [1.54, 1.807) is 23.4 Å². The second kappa shape index (κ2) is 9.58. The summed E-state index contributed by atoms with van der Waals surface area (Å²) in [5, 5.41) is 34.1. The van der Waals surface area contributed by atoms with Gasteiger partial charge in [-0.2, -0.15) is 16.4 Å². The summed E-state index contributed by atoms with van der Waals surface area (Å²) in [6.45, 7) is 5.74. The highest BCUT2D eigenvalue weighted by Crippen LogP contribution is 2.49. The predicted molar refractivity (Wildman–Crippen MR) is 116 cm³/mol. The molecule has 3 rings (SSSR count). The van der Waals surface area contributed by atoms with Crippen molar-refractivity contribution in [2.24, 2.45) is 0 Å². The van der Waals surface area contributed by atoms with Crippen LogP contribution in [0.5, 0.6) is 11.5 Å². The lowest BCUT2D eigenvalue weighted by Gasteiger charge is -2.17. The Kier molecular flexibility index (Phi) is 7.14. The van der Waals surface area contributed by atoms with E-state index in [4.69, 9.17) is 0 Å². The third kappa shape index (κ3) is 4.42. The van der Waals surface area contributed by atoms with E-state index in [0.29, 0.717) is 26.1 Å². The van der Waals surface area contributed by atoms with Gasteiger partial charge in [-0.15, -0.1) is 16.9 Å². The molecule has 0 fully saturated rings. The second-order valence-electron chi connectivity index (χ2n) is 5.96. The first-order valence-electron chi connectivity index (χ1n) is 8.81. The quantitative estimate of drug-likeness (QED) is 0.300. The molecule has 0 spiro atoms. The Bertz CT molecular complexity index is 948. The third-order valence-electron chi connectivity index (χ3n) is 4.22. The molecule has 148 valence electrons. The zero-order valence-electron chi connectivity index (χ0n) is 15.9. The summed E-state index contributed by atoms with van der Waals surface area (Å²) in [7, 11) is 0. The van der Waals surface area contributed by atoms with Crippen molar-refractivity contribution in [3.8, 4) is 17.2 Å². The van der Waals surface area contributed by atoms with Crippen molar-refractivity contribution in [3.63, 3.8) is 0 Å². The highest BCUT2D eigenvalue weighted by molar-refractivity contribution is 8.04. The van der Waals surface area contributed by atoms with E-state index in [2.05, 4.69) is 22.4 Å². The Morgan fingerprint density at radius 2 is 1.64 bits per heavy atom. The zero-order valence-corrected chi connectivity index (χ0v) is 18.4. The lowest BCUT2D eigenvalue weighted by atomic mass is 10.1. The third-order valence-corrected chi connectivity index (χ3v) is 7.64. The number of aromatic hydroxyl groups is 2. The van der Waals surface area contributed by atoms with E-state index in [0.717, 1.165) is 22.9 Å². The number of benzene rings is 2. The summed E-state index contributed by atoms with van der Waals surface area (Å²) in [5.41, 5.74) is 2.18. The van der Waals surface area contributed by atoms with Crippen LogP contribution < -0.4 is 0 Å². The maximum absolute atomic E-state index is 10.8. The van der Waals surface area contributed by atoms with Gasteiger partial charge in [0, 0.05) is 11.5 Å². The van der Waals surface area contributed by atoms with Crippen molar-refractivity contribution >= 4 is 35.3 Å². The average Bonchev–Trinajstić information content (AvgIpc) is 3.18. The molecule has 0 unspecified atom stereocenters. The minimum absolute atomic E-state index is 0.161. The van der Waals surface area contributed by atoms with Gasteiger partial charge in [-0.25, -0.2) is 0 Å². The molecule has 0 aliphatic carbocycles. The fourth-order valence-electron chi connectivity index (χ4n) is 2.55. The minimum atomic E-state index is 0.161. The van der Waals surface area contributed by atoms with Gasteiger partial charge in [0.05, 0.1) is 15.5 Å². The van der Waals surface area contributed by atoms with Crippen molar-refractivity contribution in [2.45, 2.75) is 35.7 Å². The van der Waals surface area contributed by atoms with Gasteiger partial charge >= 0.3 is 0 Å². The van der Waals surface area contributed by atoms with Gasteiger partial charge in [0.25, 0.3) is 0 Å². The van der Waals surface area contributed by atoms with E-state index < -0.39 is 0 Å². The molecule has 3 aromatic rings. The van der Waals surface area contributed by atoms with E-state index in [9.17, 15) is 10.2 Å². The summed E-state index contributed by atoms with van der Waals surface area (Å²) >= 11 is 4.65. The molecule has 1 aromatic heterocycles. The monoisotopic (exact) mass is 434 g/mol. The van der Waals surface area contributed by atoms with Gasteiger partial charge in [0.15, 0.2) is 0 Å². The number of para-hydroxylation sites is 1. The molecule has 0 aliphatic heterocycles. The lowest BCUT2D eigenvalue weighted by Crippen LogP contribution is -1.99. The van der Waals surface area contributed by atoms with E-state index in [1.165, 1.54) is 11.8 Å². The zero-order chi connectivity index (χ0) is 20.1. The molecule has 1 heterocycles. The topological polar surface area (TPSA) is 84.1 Å². The predicted octanol–water partition coefficient (Wildman–Crippen LogP) is 4.69. The van der Waals surface area contributed by atoms with Crippen LogP contribution in [-0.4, -0.2) is 47.7 Å². The number of rotatable bonds is 8. The second-order valence-corrected chi connectivity index (χ2v) is 9.44. The summed E-state index contributed by atoms with van der Waals surface area (Å²) in [6, 6.07) is 9.58. The van der Waals surface area contributed by atoms with E-state index in [1.807, 2.05) is 49.0 Å². The lowest BCUT2D eigenvalue weighted by molar-refractivity contribution is 0.428. The number of nitrogens with zero attached hydrogens (tertiary/aromatic N) is 4. The average molecular weight is 435 g/mol. The number of phenols is 2. The Labute approximate surface area is 177 Å². The van der Waals surface area contributed by atoms with Crippen LogP contribution in [-0.2, 0) is 0 Å². The highest BCUT2D eigenvalue weighted by atomic mass is 32.2. The minimum Gasteiger partial charge on any atom is -0.506 e. The number of aromatic nitrogens is 4. The van der Waals surface area contributed by atoms with E-state index >= 15 is 0 Å². The molecule has 28 heavy (non-hydrogen) atoms. The maximum Gasteiger partial charge on any atom is 0.219 e. The molecule has 0 atom stereocenters. The Morgan fingerprint density at radius 3 is 2.32 bits per heavy atom. The number of hydrogen-bond acceptors (Lipinski definition) is 8. The van der Waals surface area contributed by atoms with Crippen LogP contribution in [0.25, 0.3) is 5.69 Å². The molecule has 0 bridgehead atoms. The molecule has 9 heteroatoms. The maximum atomic E-state index is 10.8. The first-order valence-corrected chi connectivity index (χ1v) is 11.8. The van der Waals surface area contributed by atoms with Gasteiger partial charge in [-0.1, -0.05) is 25.1 Å². The van der Waals surface area contributed by atoms with Crippen molar-refractivity contribution < 1.29 is 10.2 Å². The smallest absolute Gasteiger partial charge is 0.219 e. The number of thioether (sulfide) groups is 2. The van der Waals surface area contributed by atoms with Crippen molar-refractivity contribution in [3.05, 3.63) is 41.5 Å². The Balaban J connectivity index is 1.99. The van der Waals surface area contributed by atoms with Crippen molar-refractivity contribution in [1.82, 2.24) is 20.2 Å². The standard InChI is InChI=1S/C19H22N4O2S3/c1-4-26-10-11-27-17-15(24)12(2)13(3)16(25)18(17)28-19-20-21-22-23(19)14-8-6-5-7-9-14/h5-9,24-25H,4,10-11H2,1-3H3. The van der Waals surface area contributed by atoms with Crippen LogP contribution >= 0.6 is 35.3 Å². The van der Waals surface area contributed by atoms with Crippen LogP contribution in [0.3, 0.4) is 0 Å². The first kappa shape index (κ1) is 20.9. The van der Waals surface area contributed by atoms with Gasteiger partial charge < -0.3 is 10.2 Å². The molecule has 0 saturated heterocycles. The number of phenolic OH excluding ortho intramolecular Hbond substituents is 2. The summed E-state index contributed by atoms with van der Waals surface area (Å²) < 4.78 is 1.62. The summed E-state index contributed by atoms with van der Waals surface area (Å²) in [6.07, 6.45) is 0. The Morgan fingerprint density at radius 1 is 0.964 bits per heavy atom. The van der Waals surface area contributed by atoms with Crippen molar-refractivity contribution in [1.29, 1.82) is 0 Å². The molecule has 0 amide bonds. The van der Waals surface area contributed by atoms with Crippen LogP contribution in [0, 0.1) is 13.8 Å². The molecule has 0 aliphatic rings. The first-order chi connectivity index (χ1) is 13.5. The van der Waals surface area contributed by atoms with Crippen LogP contribution in [0.15, 0.2) is 45.3 Å².